The lowest BCUT2D eigenvalue weighted by Crippen LogP contribution is -2.43. The Morgan fingerprint density at radius 1 is 0.909 bits per heavy atom. The topological polar surface area (TPSA) is 61.4 Å². The first kappa shape index (κ1) is 26.9. The highest BCUT2D eigenvalue weighted by Gasteiger charge is 2.37. The summed E-state index contributed by atoms with van der Waals surface area (Å²) in [5, 5.41) is 5.70. The molecule has 0 spiro atoms. The van der Waals surface area contributed by atoms with Crippen molar-refractivity contribution in [3.63, 3.8) is 0 Å². The van der Waals surface area contributed by atoms with E-state index in [2.05, 4.69) is 10.6 Å². The highest BCUT2D eigenvalue weighted by atomic mass is 19.4. The lowest BCUT2D eigenvalue weighted by atomic mass is 9.86. The molecule has 2 amide bonds. The molecular weight excluding hydrogens is 452 g/mol. The zero-order chi connectivity index (χ0) is 24.8. The first-order valence-corrected chi connectivity index (χ1v) is 10.9. The van der Waals surface area contributed by atoms with Gasteiger partial charge in [-0.3, -0.25) is 9.59 Å². The summed E-state index contributed by atoms with van der Waals surface area (Å²) in [7, 11) is 0. The van der Waals surface area contributed by atoms with Crippen molar-refractivity contribution in [3.8, 4) is 0 Å². The maximum atomic E-state index is 13.0. The summed E-state index contributed by atoms with van der Waals surface area (Å²) in [6.07, 6.45) is -7.06. The molecule has 1 aliphatic carbocycles. The van der Waals surface area contributed by atoms with Crippen molar-refractivity contribution in [1.82, 2.24) is 15.5 Å². The van der Waals surface area contributed by atoms with Gasteiger partial charge < -0.3 is 15.5 Å². The Bertz CT molecular complexity index is 781. The predicted molar refractivity (Wildman–Crippen MR) is 110 cm³/mol. The molecule has 0 saturated heterocycles. The molecule has 0 atom stereocenters. The highest BCUT2D eigenvalue weighted by molar-refractivity contribution is 5.94. The average Bonchev–Trinajstić information content (AvgIpc) is 2.76. The van der Waals surface area contributed by atoms with E-state index in [-0.39, 0.29) is 37.0 Å². The monoisotopic (exact) mass is 481 g/mol. The van der Waals surface area contributed by atoms with Gasteiger partial charge in [0.25, 0.3) is 5.91 Å². The highest BCUT2D eigenvalue weighted by Crippen LogP contribution is 2.36. The number of carbonyl (C=O) groups is 2. The Kier molecular flexibility index (Phi) is 9.16. The summed E-state index contributed by atoms with van der Waals surface area (Å²) in [5.74, 6) is -0.899. The van der Waals surface area contributed by atoms with Crippen molar-refractivity contribution in [1.29, 1.82) is 0 Å². The van der Waals surface area contributed by atoms with E-state index in [1.807, 2.05) is 13.8 Å². The van der Waals surface area contributed by atoms with E-state index in [0.29, 0.717) is 38.1 Å². The van der Waals surface area contributed by atoms with Crippen LogP contribution in [0.1, 0.15) is 61.0 Å². The van der Waals surface area contributed by atoms with E-state index < -0.39 is 35.0 Å². The standard InChI is InChI=1S/C22H29F6N3O2/c1-3-31(4-2)19(32)13-29-18-7-5-14(6-8-18)12-30-20(33)15-9-16(21(23,24)25)11-17(10-15)22(26,27)28/h9-11,14,18,29H,3-8,12-13H2,1-2H3,(H,30,33)/t14-,18-. The van der Waals surface area contributed by atoms with Gasteiger partial charge in [0.2, 0.25) is 5.91 Å². The second-order valence-corrected chi connectivity index (χ2v) is 8.17. The molecule has 2 rings (SSSR count). The summed E-state index contributed by atoms with van der Waals surface area (Å²) >= 11 is 0. The molecule has 0 aromatic heterocycles. The van der Waals surface area contributed by atoms with Crippen LogP contribution in [0.5, 0.6) is 0 Å². The van der Waals surface area contributed by atoms with Gasteiger partial charge in [0.05, 0.1) is 17.7 Å². The number of halogens is 6. The molecule has 33 heavy (non-hydrogen) atoms. The number of rotatable bonds is 8. The number of hydrogen-bond acceptors (Lipinski definition) is 3. The number of nitrogens with zero attached hydrogens (tertiary/aromatic N) is 1. The molecule has 0 heterocycles. The van der Waals surface area contributed by atoms with Crippen LogP contribution in [0, 0.1) is 5.92 Å². The van der Waals surface area contributed by atoms with Gasteiger partial charge >= 0.3 is 12.4 Å². The van der Waals surface area contributed by atoms with E-state index in [1.165, 1.54) is 0 Å². The summed E-state index contributed by atoms with van der Waals surface area (Å²) in [6.45, 7) is 5.49. The molecule has 1 aliphatic rings. The van der Waals surface area contributed by atoms with Crippen molar-refractivity contribution >= 4 is 11.8 Å². The second kappa shape index (κ2) is 11.2. The predicted octanol–water partition coefficient (Wildman–Crippen LogP) is 4.47. The molecule has 11 heteroatoms. The van der Waals surface area contributed by atoms with Crippen LogP contribution in [0.4, 0.5) is 26.3 Å². The number of benzene rings is 1. The summed E-state index contributed by atoms with van der Waals surface area (Å²) in [5.41, 5.74) is -3.72. The van der Waals surface area contributed by atoms with Crippen LogP contribution in [-0.2, 0) is 17.1 Å². The molecule has 0 unspecified atom stereocenters. The number of hydrogen-bond donors (Lipinski definition) is 2. The zero-order valence-electron chi connectivity index (χ0n) is 18.6. The molecule has 1 aromatic rings. The minimum atomic E-state index is -5.01. The summed E-state index contributed by atoms with van der Waals surface area (Å²) < 4.78 is 77.9. The molecule has 0 bridgehead atoms. The fraction of sp³-hybridized carbons (Fsp3) is 0.636. The lowest BCUT2D eigenvalue weighted by molar-refractivity contribution is -0.143. The fourth-order valence-electron chi connectivity index (χ4n) is 3.92. The van der Waals surface area contributed by atoms with Gasteiger partial charge in [0, 0.05) is 31.2 Å². The number of alkyl halides is 6. The number of amides is 2. The third kappa shape index (κ3) is 7.90. The first-order valence-electron chi connectivity index (χ1n) is 10.9. The zero-order valence-corrected chi connectivity index (χ0v) is 18.6. The van der Waals surface area contributed by atoms with E-state index in [0.717, 1.165) is 12.8 Å². The maximum Gasteiger partial charge on any atom is 0.416 e. The van der Waals surface area contributed by atoms with E-state index >= 15 is 0 Å². The minimum Gasteiger partial charge on any atom is -0.352 e. The molecule has 1 fully saturated rings. The van der Waals surface area contributed by atoms with Gasteiger partial charge in [0.15, 0.2) is 0 Å². The van der Waals surface area contributed by atoms with Gasteiger partial charge in [-0.25, -0.2) is 0 Å². The fourth-order valence-corrected chi connectivity index (χ4v) is 3.92. The maximum absolute atomic E-state index is 13.0. The van der Waals surface area contributed by atoms with Crippen molar-refractivity contribution < 1.29 is 35.9 Å². The Morgan fingerprint density at radius 3 is 1.88 bits per heavy atom. The van der Waals surface area contributed by atoms with Crippen molar-refractivity contribution in [2.24, 2.45) is 5.92 Å². The van der Waals surface area contributed by atoms with Crippen LogP contribution in [0.3, 0.4) is 0 Å². The van der Waals surface area contributed by atoms with Crippen LogP contribution in [0.25, 0.3) is 0 Å². The first-order chi connectivity index (χ1) is 15.3. The molecule has 1 aromatic carbocycles. The smallest absolute Gasteiger partial charge is 0.352 e. The van der Waals surface area contributed by atoms with E-state index in [9.17, 15) is 35.9 Å². The third-order valence-electron chi connectivity index (χ3n) is 5.91. The van der Waals surface area contributed by atoms with Crippen LogP contribution in [-0.4, -0.2) is 48.9 Å². The van der Waals surface area contributed by atoms with Crippen molar-refractivity contribution in [2.45, 2.75) is 57.9 Å². The molecule has 2 N–H and O–H groups in total. The Balaban J connectivity index is 1.89. The van der Waals surface area contributed by atoms with Gasteiger partial charge in [-0.2, -0.15) is 26.3 Å². The second-order valence-electron chi connectivity index (χ2n) is 8.17. The van der Waals surface area contributed by atoms with Crippen LogP contribution < -0.4 is 10.6 Å². The summed E-state index contributed by atoms with van der Waals surface area (Å²) in [6, 6.07) is 1.00. The normalized spacial score (nSPS) is 19.3. The van der Waals surface area contributed by atoms with Crippen molar-refractivity contribution in [2.75, 3.05) is 26.2 Å². The Morgan fingerprint density at radius 2 is 1.42 bits per heavy atom. The van der Waals surface area contributed by atoms with Gasteiger partial charge in [-0.1, -0.05) is 0 Å². The van der Waals surface area contributed by atoms with Crippen molar-refractivity contribution in [3.05, 3.63) is 34.9 Å². The van der Waals surface area contributed by atoms with Crippen LogP contribution in [0.15, 0.2) is 18.2 Å². The summed E-state index contributed by atoms with van der Waals surface area (Å²) in [4.78, 5) is 26.1. The average molecular weight is 481 g/mol. The molecule has 186 valence electrons. The molecule has 0 aliphatic heterocycles. The van der Waals surface area contributed by atoms with Gasteiger partial charge in [0.1, 0.15) is 0 Å². The van der Waals surface area contributed by atoms with E-state index in [4.69, 9.17) is 0 Å². The van der Waals surface area contributed by atoms with Gasteiger partial charge in [-0.15, -0.1) is 0 Å². The minimum absolute atomic E-state index is 0.00393. The largest absolute Gasteiger partial charge is 0.416 e. The number of likely N-dealkylation sites (N-methyl/N-ethyl adjacent to an activating group) is 1. The van der Waals surface area contributed by atoms with E-state index in [1.54, 1.807) is 4.90 Å². The molecule has 1 saturated carbocycles. The lowest BCUT2D eigenvalue weighted by Gasteiger charge is -2.30. The number of carbonyl (C=O) groups excluding carboxylic acids is 2. The van der Waals surface area contributed by atoms with Gasteiger partial charge in [-0.05, 0) is 63.6 Å². The molecular formula is C22H29F6N3O2. The Hall–Kier alpha value is -2.30. The van der Waals surface area contributed by atoms with Crippen LogP contribution in [0.2, 0.25) is 0 Å². The number of nitrogens with one attached hydrogen (secondary N) is 2. The quantitative estimate of drug-likeness (QED) is 0.539. The molecule has 0 radical (unpaired) electrons. The third-order valence-corrected chi connectivity index (χ3v) is 5.91. The van der Waals surface area contributed by atoms with Crippen LogP contribution >= 0.6 is 0 Å². The Labute approximate surface area is 188 Å². The SMILES string of the molecule is CCN(CC)C(=O)CN[C@H]1CC[C@H](CNC(=O)c2cc(C(F)(F)F)cc(C(F)(F)F)c2)CC1. The molecule has 5 nitrogen and oxygen atoms in total.